The molecule has 1 aromatic rings. The van der Waals surface area contributed by atoms with Gasteiger partial charge in [0.05, 0.1) is 5.56 Å². The van der Waals surface area contributed by atoms with Crippen LogP contribution in [0.25, 0.3) is 5.57 Å². The molecule has 46 heavy (non-hydrogen) atoms. The van der Waals surface area contributed by atoms with E-state index in [-0.39, 0.29) is 16.7 Å². The van der Waals surface area contributed by atoms with Gasteiger partial charge in [-0.05, 0) is 145 Å². The molecule has 252 valence electrons. The molecule has 0 spiro atoms. The Morgan fingerprint density at radius 3 is 2.28 bits per heavy atom. The van der Waals surface area contributed by atoms with E-state index < -0.39 is 5.97 Å². The van der Waals surface area contributed by atoms with Crippen molar-refractivity contribution in [3.05, 3.63) is 53.6 Å². The van der Waals surface area contributed by atoms with Crippen molar-refractivity contribution in [2.75, 3.05) is 20.1 Å². The van der Waals surface area contributed by atoms with Crippen LogP contribution in [0.15, 0.2) is 42.5 Å². The molecule has 0 radical (unpaired) electrons. The van der Waals surface area contributed by atoms with E-state index in [0.29, 0.717) is 57.8 Å². The first kappa shape index (κ1) is 33.5. The van der Waals surface area contributed by atoms with Crippen LogP contribution >= 0.6 is 0 Å². The first-order chi connectivity index (χ1) is 21.6. The molecular formula is C41H60N2O3. The van der Waals surface area contributed by atoms with Gasteiger partial charge in [-0.2, -0.15) is 0 Å². The van der Waals surface area contributed by atoms with Gasteiger partial charge in [0.2, 0.25) is 5.91 Å². The Morgan fingerprint density at radius 1 is 0.913 bits per heavy atom. The predicted octanol–water partition coefficient (Wildman–Crippen LogP) is 8.76. The monoisotopic (exact) mass is 628 g/mol. The van der Waals surface area contributed by atoms with Gasteiger partial charge in [0.15, 0.2) is 0 Å². The fourth-order valence-corrected chi connectivity index (χ4v) is 13.1. The Morgan fingerprint density at radius 2 is 1.63 bits per heavy atom. The Bertz CT molecular complexity index is 1410. The molecule has 1 amide bonds. The van der Waals surface area contributed by atoms with E-state index in [1.165, 1.54) is 68.1 Å². The highest BCUT2D eigenvalue weighted by Gasteiger charge is 2.70. The largest absolute Gasteiger partial charge is 0.478 e. The lowest BCUT2D eigenvalue weighted by atomic mass is 9.32. The maximum atomic E-state index is 11.9. The maximum Gasteiger partial charge on any atom is 0.335 e. The number of hydrogen-bond acceptors (Lipinski definition) is 3. The molecule has 4 saturated carbocycles. The third kappa shape index (κ3) is 4.88. The molecule has 5 nitrogen and oxygen atoms in total. The molecule has 0 saturated heterocycles. The summed E-state index contributed by atoms with van der Waals surface area (Å²) in [6.45, 7) is 21.6. The zero-order chi connectivity index (χ0) is 33.3. The molecule has 0 heterocycles. The van der Waals surface area contributed by atoms with E-state index in [2.05, 4.69) is 64.8 Å². The van der Waals surface area contributed by atoms with Crippen LogP contribution in [0.5, 0.6) is 0 Å². The number of carboxylic acids is 1. The average molecular weight is 629 g/mol. The Hall–Kier alpha value is -2.40. The van der Waals surface area contributed by atoms with Crippen molar-refractivity contribution in [3.8, 4) is 0 Å². The van der Waals surface area contributed by atoms with E-state index >= 15 is 0 Å². The van der Waals surface area contributed by atoms with Gasteiger partial charge >= 0.3 is 5.97 Å². The molecule has 0 aliphatic heterocycles. The van der Waals surface area contributed by atoms with Gasteiger partial charge in [0.1, 0.15) is 0 Å². The lowest BCUT2D eigenvalue weighted by Gasteiger charge is -2.72. The van der Waals surface area contributed by atoms with Gasteiger partial charge in [-0.25, -0.2) is 4.79 Å². The number of aromatic carboxylic acids is 1. The number of allylic oxidation sites excluding steroid dienone is 3. The highest BCUT2D eigenvalue weighted by molar-refractivity contribution is 5.88. The summed E-state index contributed by atoms with van der Waals surface area (Å²) < 4.78 is 0. The van der Waals surface area contributed by atoms with Gasteiger partial charge in [0.25, 0.3) is 0 Å². The molecule has 0 aromatic heterocycles. The summed E-state index contributed by atoms with van der Waals surface area (Å²) in [6, 6.07) is 7.59. The van der Waals surface area contributed by atoms with Crippen molar-refractivity contribution in [2.24, 2.45) is 56.7 Å². The van der Waals surface area contributed by atoms with Gasteiger partial charge in [-0.1, -0.05) is 65.0 Å². The molecule has 0 bridgehead atoms. The first-order valence-electron chi connectivity index (χ1n) is 18.3. The van der Waals surface area contributed by atoms with E-state index in [4.69, 9.17) is 0 Å². The fourth-order valence-electron chi connectivity index (χ4n) is 13.1. The molecular weight excluding hydrogens is 568 g/mol. The van der Waals surface area contributed by atoms with E-state index in [1.54, 1.807) is 19.2 Å². The summed E-state index contributed by atoms with van der Waals surface area (Å²) in [7, 11) is 1.73. The summed E-state index contributed by atoms with van der Waals surface area (Å²) in [5.41, 5.74) is 5.50. The second-order valence-corrected chi connectivity index (χ2v) is 17.6. The maximum absolute atomic E-state index is 11.9. The third-order valence-electron chi connectivity index (χ3n) is 15.5. The lowest BCUT2D eigenvalue weighted by molar-refractivity contribution is -0.225. The van der Waals surface area contributed by atoms with Crippen molar-refractivity contribution < 1.29 is 14.7 Å². The van der Waals surface area contributed by atoms with Crippen molar-refractivity contribution >= 4 is 17.4 Å². The third-order valence-corrected chi connectivity index (χ3v) is 15.5. The van der Waals surface area contributed by atoms with Gasteiger partial charge < -0.3 is 15.7 Å². The summed E-state index contributed by atoms with van der Waals surface area (Å²) in [5.74, 6) is 2.52. The minimum absolute atomic E-state index is 0.0232. The quantitative estimate of drug-likeness (QED) is 0.199. The smallest absolute Gasteiger partial charge is 0.335 e. The Labute approximate surface area is 278 Å². The van der Waals surface area contributed by atoms with Crippen LogP contribution in [0.2, 0.25) is 0 Å². The first-order valence-corrected chi connectivity index (χ1v) is 18.3. The van der Waals surface area contributed by atoms with Crippen LogP contribution in [0.3, 0.4) is 0 Å². The number of carboxylic acid groups (broad SMARTS) is 1. The summed E-state index contributed by atoms with van der Waals surface area (Å²) in [5, 5.41) is 16.0. The molecule has 1 aromatic carbocycles. The molecule has 6 rings (SSSR count). The summed E-state index contributed by atoms with van der Waals surface area (Å²) >= 11 is 0. The van der Waals surface area contributed by atoms with E-state index in [1.807, 2.05) is 12.1 Å². The summed E-state index contributed by atoms with van der Waals surface area (Å²) in [6.07, 6.45) is 14.5. The Balaban J connectivity index is 1.30. The zero-order valence-electron chi connectivity index (χ0n) is 29.7. The molecule has 9 atom stereocenters. The molecule has 4 fully saturated rings. The minimum Gasteiger partial charge on any atom is -0.478 e. The van der Waals surface area contributed by atoms with E-state index in [0.717, 1.165) is 19.5 Å². The van der Waals surface area contributed by atoms with Crippen LogP contribution in [0.4, 0.5) is 0 Å². The highest BCUT2D eigenvalue weighted by Crippen LogP contribution is 2.77. The number of fused-ring (bicyclic) bond motifs is 7. The van der Waals surface area contributed by atoms with Crippen molar-refractivity contribution in [2.45, 2.75) is 106 Å². The van der Waals surface area contributed by atoms with Crippen LogP contribution in [-0.4, -0.2) is 37.1 Å². The SMILES string of the molecule is C=C(C)C1CCC2(CNCCC(=O)NC)CCC3(C)C(CCC4C5(C)CC=C(c6ccc(C(=O)O)cc6)C(C)(C)C5CCC43C)C12. The van der Waals surface area contributed by atoms with Crippen LogP contribution in [0.1, 0.15) is 122 Å². The van der Waals surface area contributed by atoms with Gasteiger partial charge in [-0.15, -0.1) is 0 Å². The van der Waals surface area contributed by atoms with Crippen molar-refractivity contribution in [3.63, 3.8) is 0 Å². The van der Waals surface area contributed by atoms with E-state index in [9.17, 15) is 14.7 Å². The minimum atomic E-state index is -0.865. The normalized spacial score (nSPS) is 40.8. The number of nitrogens with one attached hydrogen (secondary N) is 2. The molecule has 5 aliphatic rings. The molecule has 9 unspecified atom stereocenters. The number of amides is 1. The number of rotatable bonds is 8. The second-order valence-electron chi connectivity index (χ2n) is 17.6. The lowest BCUT2D eigenvalue weighted by Crippen LogP contribution is -2.65. The fraction of sp³-hybridized carbons (Fsp3) is 0.707. The number of benzene rings is 1. The molecule has 5 aliphatic carbocycles. The number of hydrogen-bond donors (Lipinski definition) is 3. The molecule has 5 heteroatoms. The standard InChI is InChI=1S/C41H60N2O3/c1-26(2)29-15-21-41(25-43-24-18-34(44)42-8)23-22-39(6)31(35(29)41)13-14-33-38(5)19-16-30(27-9-11-28(12-10-27)36(45)46)37(3,4)32(38)17-20-40(33,39)7/h9-12,16,29,31-33,35,43H,1,13-15,17-25H2,2-8H3,(H,42,44)(H,45,46). The zero-order valence-corrected chi connectivity index (χ0v) is 29.7. The van der Waals surface area contributed by atoms with Crippen LogP contribution in [-0.2, 0) is 4.79 Å². The van der Waals surface area contributed by atoms with Crippen molar-refractivity contribution in [1.82, 2.24) is 10.6 Å². The Kier molecular flexibility index (Phi) is 8.47. The van der Waals surface area contributed by atoms with Crippen LogP contribution < -0.4 is 10.6 Å². The predicted molar refractivity (Wildman–Crippen MR) is 187 cm³/mol. The van der Waals surface area contributed by atoms with Gasteiger partial charge in [-0.3, -0.25) is 4.79 Å². The topological polar surface area (TPSA) is 78.4 Å². The average Bonchev–Trinajstić information content (AvgIpc) is 3.39. The summed E-state index contributed by atoms with van der Waals surface area (Å²) in [4.78, 5) is 23.5. The van der Waals surface area contributed by atoms with Crippen molar-refractivity contribution in [1.29, 1.82) is 0 Å². The number of carbonyl (C=O) groups excluding carboxylic acids is 1. The second kappa shape index (κ2) is 11.6. The number of carbonyl (C=O) groups is 2. The highest BCUT2D eigenvalue weighted by atomic mass is 16.4. The van der Waals surface area contributed by atoms with Gasteiger partial charge in [0, 0.05) is 26.6 Å². The van der Waals surface area contributed by atoms with Crippen LogP contribution in [0, 0.1) is 56.7 Å². The molecule has 3 N–H and O–H groups in total.